The largest absolute Gasteiger partial charge is 0.338 e. The van der Waals surface area contributed by atoms with E-state index in [1.54, 1.807) is 35.9 Å². The summed E-state index contributed by atoms with van der Waals surface area (Å²) < 4.78 is 0. The molecule has 1 aliphatic rings. The lowest BCUT2D eigenvalue weighted by atomic mass is 9.96. The van der Waals surface area contributed by atoms with Gasteiger partial charge in [-0.1, -0.05) is 6.07 Å². The zero-order valence-electron chi connectivity index (χ0n) is 14.1. The molecule has 4 rings (SSSR count). The van der Waals surface area contributed by atoms with Gasteiger partial charge in [-0.3, -0.25) is 14.6 Å². The number of nitrogens with one attached hydrogen (secondary N) is 1. The number of amides is 1. The number of thiophene rings is 1. The molecular weight excluding hydrogens is 348 g/mol. The summed E-state index contributed by atoms with van der Waals surface area (Å²) in [6.45, 7) is 1.27. The maximum Gasteiger partial charge on any atom is 0.253 e. The molecule has 3 aromatic heterocycles. The van der Waals surface area contributed by atoms with Crippen LogP contribution in [-0.2, 0) is 0 Å². The van der Waals surface area contributed by atoms with Gasteiger partial charge >= 0.3 is 0 Å². The molecule has 0 aliphatic carbocycles. The Morgan fingerprint density at radius 2 is 2.12 bits per heavy atom. The first-order valence-electron chi connectivity index (χ1n) is 8.55. The molecule has 0 unspecified atom stereocenters. The van der Waals surface area contributed by atoms with Crippen LogP contribution in [0.4, 0.5) is 0 Å². The van der Waals surface area contributed by atoms with Crippen molar-refractivity contribution in [3.8, 4) is 10.6 Å². The maximum absolute atomic E-state index is 12.7. The van der Waals surface area contributed by atoms with E-state index < -0.39 is 0 Å². The van der Waals surface area contributed by atoms with Crippen molar-refractivity contribution in [2.45, 2.75) is 18.8 Å². The third kappa shape index (κ3) is 3.43. The SMILES string of the molecule is O=C(c1ccncc1)N1CCC[C@@H](c2nc(-c3cccs3)cc(=O)[nH]2)C1. The van der Waals surface area contributed by atoms with Crippen LogP contribution in [0.1, 0.15) is 34.9 Å². The van der Waals surface area contributed by atoms with Gasteiger partial charge in [-0.25, -0.2) is 4.98 Å². The van der Waals surface area contributed by atoms with Gasteiger partial charge in [-0.05, 0) is 36.4 Å². The molecule has 1 fully saturated rings. The minimum Gasteiger partial charge on any atom is -0.338 e. The van der Waals surface area contributed by atoms with E-state index in [1.807, 2.05) is 22.4 Å². The highest BCUT2D eigenvalue weighted by Gasteiger charge is 2.27. The second kappa shape index (κ2) is 7.21. The van der Waals surface area contributed by atoms with Crippen LogP contribution in [0.15, 0.2) is 52.9 Å². The summed E-state index contributed by atoms with van der Waals surface area (Å²) >= 11 is 1.56. The summed E-state index contributed by atoms with van der Waals surface area (Å²) in [5, 5.41) is 1.97. The molecule has 132 valence electrons. The number of rotatable bonds is 3. The Balaban J connectivity index is 1.58. The molecule has 1 atom stereocenters. The summed E-state index contributed by atoms with van der Waals surface area (Å²) in [5.74, 6) is 0.684. The van der Waals surface area contributed by atoms with Crippen molar-refractivity contribution in [3.05, 3.63) is 69.8 Å². The predicted molar refractivity (Wildman–Crippen MR) is 100 cm³/mol. The van der Waals surface area contributed by atoms with Gasteiger partial charge in [0.2, 0.25) is 0 Å². The van der Waals surface area contributed by atoms with Crippen molar-refractivity contribution >= 4 is 17.2 Å². The van der Waals surface area contributed by atoms with Gasteiger partial charge in [0.05, 0.1) is 10.6 Å². The second-order valence-corrected chi connectivity index (χ2v) is 7.27. The Bertz CT molecular complexity index is 953. The van der Waals surface area contributed by atoms with E-state index in [1.165, 1.54) is 6.07 Å². The fraction of sp³-hybridized carbons (Fsp3) is 0.263. The molecule has 7 heteroatoms. The lowest BCUT2D eigenvalue weighted by Gasteiger charge is -2.32. The van der Waals surface area contributed by atoms with Crippen molar-refractivity contribution in [1.29, 1.82) is 0 Å². The third-order valence-electron chi connectivity index (χ3n) is 4.56. The van der Waals surface area contributed by atoms with Crippen LogP contribution in [0.5, 0.6) is 0 Å². The molecule has 1 N–H and O–H groups in total. The Hall–Kier alpha value is -2.80. The van der Waals surface area contributed by atoms with Crippen LogP contribution in [0.2, 0.25) is 0 Å². The number of piperidine rings is 1. The zero-order valence-corrected chi connectivity index (χ0v) is 14.9. The summed E-state index contributed by atoms with van der Waals surface area (Å²) in [6, 6.07) is 8.87. The number of carbonyl (C=O) groups is 1. The Labute approximate surface area is 154 Å². The van der Waals surface area contributed by atoms with Crippen molar-refractivity contribution in [3.63, 3.8) is 0 Å². The first kappa shape index (κ1) is 16.7. The van der Waals surface area contributed by atoms with Crippen LogP contribution in [-0.4, -0.2) is 38.8 Å². The standard InChI is InChI=1S/C19H18N4O2S/c24-17-11-15(16-4-2-10-26-16)21-18(22-17)14-3-1-9-23(12-14)19(25)13-5-7-20-8-6-13/h2,4-8,10-11,14H,1,3,9,12H2,(H,21,22,24)/t14-/m1/s1. The molecule has 3 aromatic rings. The average Bonchev–Trinajstić information content (AvgIpc) is 3.23. The van der Waals surface area contributed by atoms with Crippen LogP contribution in [0.25, 0.3) is 10.6 Å². The molecule has 6 nitrogen and oxygen atoms in total. The molecule has 0 spiro atoms. The molecule has 1 amide bonds. The van der Waals surface area contributed by atoms with Gasteiger partial charge in [0, 0.05) is 43.0 Å². The Morgan fingerprint density at radius 1 is 1.27 bits per heavy atom. The van der Waals surface area contributed by atoms with E-state index in [0.29, 0.717) is 30.2 Å². The molecular formula is C19H18N4O2S. The first-order valence-corrected chi connectivity index (χ1v) is 9.43. The van der Waals surface area contributed by atoms with Gasteiger partial charge in [-0.2, -0.15) is 0 Å². The quantitative estimate of drug-likeness (QED) is 0.773. The second-order valence-electron chi connectivity index (χ2n) is 6.32. The smallest absolute Gasteiger partial charge is 0.253 e. The Morgan fingerprint density at radius 3 is 2.88 bits per heavy atom. The van der Waals surface area contributed by atoms with E-state index in [9.17, 15) is 9.59 Å². The van der Waals surface area contributed by atoms with Crippen LogP contribution in [0, 0.1) is 0 Å². The predicted octanol–water partition coefficient (Wildman–Crippen LogP) is 2.91. The van der Waals surface area contributed by atoms with Crippen molar-refractivity contribution in [1.82, 2.24) is 19.9 Å². The van der Waals surface area contributed by atoms with Gasteiger partial charge in [0.15, 0.2) is 0 Å². The minimum atomic E-state index is -0.156. The highest BCUT2D eigenvalue weighted by atomic mass is 32.1. The molecule has 4 heterocycles. The topological polar surface area (TPSA) is 79.0 Å². The number of nitrogens with zero attached hydrogens (tertiary/aromatic N) is 3. The molecule has 26 heavy (non-hydrogen) atoms. The van der Waals surface area contributed by atoms with Crippen LogP contribution < -0.4 is 5.56 Å². The van der Waals surface area contributed by atoms with E-state index in [-0.39, 0.29) is 17.4 Å². The van der Waals surface area contributed by atoms with Crippen molar-refractivity contribution in [2.24, 2.45) is 0 Å². The lowest BCUT2D eigenvalue weighted by molar-refractivity contribution is 0.0704. The van der Waals surface area contributed by atoms with Gasteiger partial charge in [0.25, 0.3) is 11.5 Å². The normalized spacial score (nSPS) is 17.2. The maximum atomic E-state index is 12.7. The number of aromatic amines is 1. The van der Waals surface area contributed by atoms with Crippen molar-refractivity contribution < 1.29 is 4.79 Å². The first-order chi connectivity index (χ1) is 12.7. The van der Waals surface area contributed by atoms with Gasteiger partial charge in [-0.15, -0.1) is 11.3 Å². The highest BCUT2D eigenvalue weighted by molar-refractivity contribution is 7.13. The van der Waals surface area contributed by atoms with Gasteiger partial charge in [0.1, 0.15) is 5.82 Å². The fourth-order valence-electron chi connectivity index (χ4n) is 3.28. The number of hydrogen-bond donors (Lipinski definition) is 1. The van der Waals surface area contributed by atoms with Crippen LogP contribution in [0.3, 0.4) is 0 Å². The number of pyridine rings is 1. The van der Waals surface area contributed by atoms with E-state index in [4.69, 9.17) is 0 Å². The fourth-order valence-corrected chi connectivity index (χ4v) is 3.97. The zero-order chi connectivity index (χ0) is 17.9. The number of carbonyl (C=O) groups excluding carboxylic acids is 1. The monoisotopic (exact) mass is 366 g/mol. The van der Waals surface area contributed by atoms with Crippen molar-refractivity contribution in [2.75, 3.05) is 13.1 Å². The van der Waals surface area contributed by atoms with E-state index in [2.05, 4.69) is 15.0 Å². The third-order valence-corrected chi connectivity index (χ3v) is 5.45. The molecule has 0 radical (unpaired) electrons. The average molecular weight is 366 g/mol. The van der Waals surface area contributed by atoms with E-state index in [0.717, 1.165) is 17.7 Å². The summed E-state index contributed by atoms with van der Waals surface area (Å²) in [7, 11) is 0. The van der Waals surface area contributed by atoms with Crippen LogP contribution >= 0.6 is 11.3 Å². The molecule has 0 bridgehead atoms. The van der Waals surface area contributed by atoms with E-state index >= 15 is 0 Å². The molecule has 1 saturated heterocycles. The molecule has 0 saturated carbocycles. The number of likely N-dealkylation sites (tertiary alicyclic amines) is 1. The molecule has 1 aliphatic heterocycles. The highest BCUT2D eigenvalue weighted by Crippen LogP contribution is 2.27. The lowest BCUT2D eigenvalue weighted by Crippen LogP contribution is -2.39. The summed E-state index contributed by atoms with van der Waals surface area (Å²) in [4.78, 5) is 39.1. The Kier molecular flexibility index (Phi) is 4.62. The summed E-state index contributed by atoms with van der Waals surface area (Å²) in [6.07, 6.45) is 5.03. The van der Waals surface area contributed by atoms with Gasteiger partial charge < -0.3 is 9.88 Å². The minimum absolute atomic E-state index is 0.00569. The number of H-pyrrole nitrogens is 1. The summed E-state index contributed by atoms with van der Waals surface area (Å²) in [5.41, 5.74) is 1.17. The molecule has 0 aromatic carbocycles. The number of aromatic nitrogens is 3. The number of hydrogen-bond acceptors (Lipinski definition) is 5.